The SMILES string of the molecule is CCNC(=O)CN(c1ccccc1OC)S(=O)(=O)c1ccc(OC)cc1. The van der Waals surface area contributed by atoms with Gasteiger partial charge in [0.2, 0.25) is 5.91 Å². The number of amides is 1. The predicted octanol–water partition coefficient (Wildman–Crippen LogP) is 2.04. The summed E-state index contributed by atoms with van der Waals surface area (Å²) < 4.78 is 37.8. The Bertz CT molecular complexity index is 850. The summed E-state index contributed by atoms with van der Waals surface area (Å²) >= 11 is 0. The number of sulfonamides is 1. The summed E-state index contributed by atoms with van der Waals surface area (Å²) in [5, 5.41) is 2.62. The van der Waals surface area contributed by atoms with Crippen LogP contribution in [0.5, 0.6) is 11.5 Å². The molecular weight excluding hydrogens is 356 g/mol. The lowest BCUT2D eigenvalue weighted by Gasteiger charge is -2.25. The van der Waals surface area contributed by atoms with Crippen molar-refractivity contribution in [2.24, 2.45) is 0 Å². The number of hydrogen-bond donors (Lipinski definition) is 1. The number of rotatable bonds is 8. The Kier molecular flexibility index (Phi) is 6.46. The average Bonchev–Trinajstić information content (AvgIpc) is 2.66. The van der Waals surface area contributed by atoms with E-state index in [1.165, 1.54) is 26.4 Å². The third-order valence-electron chi connectivity index (χ3n) is 3.66. The van der Waals surface area contributed by atoms with E-state index in [0.717, 1.165) is 4.31 Å². The molecule has 0 saturated carbocycles. The molecule has 0 fully saturated rings. The molecule has 2 aromatic carbocycles. The third kappa shape index (κ3) is 4.26. The first-order chi connectivity index (χ1) is 12.4. The zero-order chi connectivity index (χ0) is 19.2. The third-order valence-corrected chi connectivity index (χ3v) is 5.44. The van der Waals surface area contributed by atoms with Crippen LogP contribution in [0, 0.1) is 0 Å². The molecule has 7 nitrogen and oxygen atoms in total. The summed E-state index contributed by atoms with van der Waals surface area (Å²) in [7, 11) is -1.04. The molecule has 0 aromatic heterocycles. The number of para-hydroxylation sites is 2. The molecule has 8 heteroatoms. The van der Waals surface area contributed by atoms with E-state index < -0.39 is 15.9 Å². The first-order valence-corrected chi connectivity index (χ1v) is 9.44. The number of hydrogen-bond acceptors (Lipinski definition) is 5. The number of carbonyl (C=O) groups is 1. The molecule has 0 heterocycles. The largest absolute Gasteiger partial charge is 0.497 e. The van der Waals surface area contributed by atoms with Crippen molar-refractivity contribution in [2.75, 3.05) is 31.6 Å². The zero-order valence-corrected chi connectivity index (χ0v) is 15.7. The van der Waals surface area contributed by atoms with Crippen molar-refractivity contribution in [3.63, 3.8) is 0 Å². The van der Waals surface area contributed by atoms with Crippen molar-refractivity contribution in [3.8, 4) is 11.5 Å². The van der Waals surface area contributed by atoms with Gasteiger partial charge in [0, 0.05) is 6.54 Å². The van der Waals surface area contributed by atoms with E-state index in [9.17, 15) is 13.2 Å². The molecule has 0 aliphatic heterocycles. The fourth-order valence-electron chi connectivity index (χ4n) is 2.39. The van der Waals surface area contributed by atoms with Gasteiger partial charge >= 0.3 is 0 Å². The monoisotopic (exact) mass is 378 g/mol. The maximum absolute atomic E-state index is 13.2. The zero-order valence-electron chi connectivity index (χ0n) is 14.9. The molecular formula is C18H22N2O5S. The van der Waals surface area contributed by atoms with Crippen LogP contribution in [-0.2, 0) is 14.8 Å². The highest BCUT2D eigenvalue weighted by molar-refractivity contribution is 7.92. The van der Waals surface area contributed by atoms with Gasteiger partial charge in [-0.15, -0.1) is 0 Å². The molecule has 0 unspecified atom stereocenters. The highest BCUT2D eigenvalue weighted by atomic mass is 32.2. The first kappa shape index (κ1) is 19.6. The molecule has 2 aromatic rings. The number of nitrogens with one attached hydrogen (secondary N) is 1. The van der Waals surface area contributed by atoms with Gasteiger partial charge in [-0.2, -0.15) is 0 Å². The number of benzene rings is 2. The summed E-state index contributed by atoms with van der Waals surface area (Å²) in [4.78, 5) is 12.2. The van der Waals surface area contributed by atoms with Crippen molar-refractivity contribution < 1.29 is 22.7 Å². The normalized spacial score (nSPS) is 10.9. The van der Waals surface area contributed by atoms with Crippen LogP contribution >= 0.6 is 0 Å². The Balaban J connectivity index is 2.52. The summed E-state index contributed by atoms with van der Waals surface area (Å²) in [5.74, 6) is 0.487. The van der Waals surface area contributed by atoms with E-state index in [4.69, 9.17) is 9.47 Å². The molecule has 1 N–H and O–H groups in total. The van der Waals surface area contributed by atoms with Crippen LogP contribution in [0.1, 0.15) is 6.92 Å². The Morgan fingerprint density at radius 1 is 1.04 bits per heavy atom. The smallest absolute Gasteiger partial charge is 0.264 e. The van der Waals surface area contributed by atoms with Crippen LogP contribution < -0.4 is 19.1 Å². The minimum absolute atomic E-state index is 0.0495. The van der Waals surface area contributed by atoms with Crippen molar-refractivity contribution in [1.29, 1.82) is 0 Å². The molecule has 0 atom stereocenters. The maximum Gasteiger partial charge on any atom is 0.264 e. The number of nitrogens with zero attached hydrogens (tertiary/aromatic N) is 1. The van der Waals surface area contributed by atoms with Gasteiger partial charge in [-0.1, -0.05) is 12.1 Å². The van der Waals surface area contributed by atoms with Crippen LogP contribution in [0.2, 0.25) is 0 Å². The topological polar surface area (TPSA) is 84.9 Å². The van der Waals surface area contributed by atoms with Gasteiger partial charge < -0.3 is 14.8 Å². The average molecular weight is 378 g/mol. The second-order valence-corrected chi connectivity index (χ2v) is 7.17. The van der Waals surface area contributed by atoms with E-state index in [-0.39, 0.29) is 17.1 Å². The second kappa shape index (κ2) is 8.57. The van der Waals surface area contributed by atoms with Crippen molar-refractivity contribution in [2.45, 2.75) is 11.8 Å². The van der Waals surface area contributed by atoms with Crippen LogP contribution in [0.25, 0.3) is 0 Å². The Morgan fingerprint density at radius 2 is 1.69 bits per heavy atom. The van der Waals surface area contributed by atoms with E-state index >= 15 is 0 Å². The highest BCUT2D eigenvalue weighted by Gasteiger charge is 2.29. The molecule has 2 rings (SSSR count). The minimum atomic E-state index is -3.99. The van der Waals surface area contributed by atoms with Gasteiger partial charge in [-0.3, -0.25) is 9.10 Å². The Labute approximate surface area is 153 Å². The van der Waals surface area contributed by atoms with E-state index in [1.54, 1.807) is 43.3 Å². The van der Waals surface area contributed by atoms with Gasteiger partial charge in [0.05, 0.1) is 24.8 Å². The molecule has 0 radical (unpaired) electrons. The van der Waals surface area contributed by atoms with Gasteiger partial charge in [0.25, 0.3) is 10.0 Å². The summed E-state index contributed by atoms with van der Waals surface area (Å²) in [5.41, 5.74) is 0.289. The number of methoxy groups -OCH3 is 2. The molecule has 0 bridgehead atoms. The second-order valence-electron chi connectivity index (χ2n) is 5.31. The van der Waals surface area contributed by atoms with Crippen LogP contribution in [-0.4, -0.2) is 41.6 Å². The van der Waals surface area contributed by atoms with Gasteiger partial charge in [0.15, 0.2) is 0 Å². The lowest BCUT2D eigenvalue weighted by Crippen LogP contribution is -2.41. The molecule has 0 spiro atoms. The van der Waals surface area contributed by atoms with E-state index in [0.29, 0.717) is 18.0 Å². The fraction of sp³-hybridized carbons (Fsp3) is 0.278. The standard InChI is InChI=1S/C18H22N2O5S/c1-4-19-18(21)13-20(16-7-5-6-8-17(16)25-3)26(22,23)15-11-9-14(24-2)10-12-15/h5-12H,4,13H2,1-3H3,(H,19,21). The van der Waals surface area contributed by atoms with E-state index in [1.807, 2.05) is 0 Å². The van der Waals surface area contributed by atoms with Crippen molar-refractivity contribution in [1.82, 2.24) is 5.32 Å². The molecule has 0 aliphatic rings. The highest BCUT2D eigenvalue weighted by Crippen LogP contribution is 2.32. The predicted molar refractivity (Wildman–Crippen MR) is 99.2 cm³/mol. The molecule has 1 amide bonds. The summed E-state index contributed by atoms with van der Waals surface area (Å²) in [6, 6.07) is 12.6. The quantitative estimate of drug-likeness (QED) is 0.760. The Hall–Kier alpha value is -2.74. The first-order valence-electron chi connectivity index (χ1n) is 8.00. The van der Waals surface area contributed by atoms with Crippen LogP contribution in [0.4, 0.5) is 5.69 Å². The van der Waals surface area contributed by atoms with E-state index in [2.05, 4.69) is 5.32 Å². The number of likely N-dealkylation sites (N-methyl/N-ethyl adjacent to an activating group) is 1. The van der Waals surface area contributed by atoms with Gasteiger partial charge in [-0.25, -0.2) is 8.42 Å². The van der Waals surface area contributed by atoms with Crippen molar-refractivity contribution in [3.05, 3.63) is 48.5 Å². The van der Waals surface area contributed by atoms with Gasteiger partial charge in [0.1, 0.15) is 18.0 Å². The maximum atomic E-state index is 13.2. The molecule has 140 valence electrons. The number of ether oxygens (including phenoxy) is 2. The Morgan fingerprint density at radius 3 is 2.27 bits per heavy atom. The van der Waals surface area contributed by atoms with Crippen molar-refractivity contribution >= 4 is 21.6 Å². The van der Waals surface area contributed by atoms with Gasteiger partial charge in [-0.05, 0) is 43.3 Å². The lowest BCUT2D eigenvalue weighted by molar-refractivity contribution is -0.119. The molecule has 26 heavy (non-hydrogen) atoms. The lowest BCUT2D eigenvalue weighted by atomic mass is 10.3. The fourth-order valence-corrected chi connectivity index (χ4v) is 3.83. The van der Waals surface area contributed by atoms with Crippen LogP contribution in [0.15, 0.2) is 53.4 Å². The van der Waals surface area contributed by atoms with Crippen LogP contribution in [0.3, 0.4) is 0 Å². The molecule has 0 aliphatic carbocycles. The number of carbonyl (C=O) groups excluding carboxylic acids is 1. The minimum Gasteiger partial charge on any atom is -0.497 e. The molecule has 0 saturated heterocycles. The summed E-state index contributed by atoms with van der Waals surface area (Å²) in [6.45, 7) is 1.81. The summed E-state index contributed by atoms with van der Waals surface area (Å²) in [6.07, 6.45) is 0. The number of anilines is 1.